The molecule has 0 aliphatic rings. The van der Waals surface area contributed by atoms with E-state index in [0.29, 0.717) is 0 Å². The minimum absolute atomic E-state index is 0.0558. The Morgan fingerprint density at radius 1 is 0.840 bits per heavy atom. The van der Waals surface area contributed by atoms with Gasteiger partial charge in [0, 0.05) is 12.8 Å². The third-order valence-corrected chi connectivity index (χ3v) is 3.15. The van der Waals surface area contributed by atoms with Crippen LogP contribution in [0.1, 0.15) is 25.7 Å². The van der Waals surface area contributed by atoms with Crippen molar-refractivity contribution in [1.82, 2.24) is 10.6 Å². The Balaban J connectivity index is 4.93. The van der Waals surface area contributed by atoms with Crippen molar-refractivity contribution in [3.8, 4) is 0 Å². The Bertz CT molecular complexity index is 525. The highest BCUT2D eigenvalue weighted by Crippen LogP contribution is 2.01. The van der Waals surface area contributed by atoms with Gasteiger partial charge in [0.05, 0.1) is 12.6 Å². The van der Waals surface area contributed by atoms with E-state index in [-0.39, 0.29) is 25.7 Å². The van der Waals surface area contributed by atoms with Gasteiger partial charge in [0.2, 0.25) is 23.6 Å². The zero-order chi connectivity index (χ0) is 19.6. The molecule has 0 aliphatic heterocycles. The third kappa shape index (κ3) is 9.22. The first-order chi connectivity index (χ1) is 11.6. The molecule has 0 aromatic rings. The highest BCUT2D eigenvalue weighted by atomic mass is 16.4. The van der Waals surface area contributed by atoms with Gasteiger partial charge in [-0.3, -0.25) is 19.2 Å². The van der Waals surface area contributed by atoms with Crippen molar-refractivity contribution in [2.24, 2.45) is 17.2 Å². The maximum absolute atomic E-state index is 12.1. The maximum Gasteiger partial charge on any atom is 0.328 e. The van der Waals surface area contributed by atoms with Crippen molar-refractivity contribution < 1.29 is 34.2 Å². The number of carboxylic acids is 1. The molecule has 25 heavy (non-hydrogen) atoms. The normalized spacial score (nSPS) is 14.0. The van der Waals surface area contributed by atoms with Gasteiger partial charge >= 0.3 is 5.97 Å². The molecule has 12 heteroatoms. The molecular weight excluding hydrogens is 338 g/mol. The number of nitrogens with two attached hydrogens (primary N) is 3. The fraction of sp³-hybridized carbons (Fsp3) is 0.615. The molecule has 0 heterocycles. The van der Waals surface area contributed by atoms with Gasteiger partial charge in [-0.05, 0) is 12.8 Å². The summed E-state index contributed by atoms with van der Waals surface area (Å²) in [6.45, 7) is -0.865. The summed E-state index contributed by atoms with van der Waals surface area (Å²) in [5, 5.41) is 22.0. The van der Waals surface area contributed by atoms with Crippen molar-refractivity contribution >= 4 is 29.6 Å². The average molecular weight is 361 g/mol. The van der Waals surface area contributed by atoms with Crippen LogP contribution in [0.3, 0.4) is 0 Å². The van der Waals surface area contributed by atoms with Crippen molar-refractivity contribution in [3.63, 3.8) is 0 Å². The van der Waals surface area contributed by atoms with Crippen LogP contribution in [0, 0.1) is 0 Å². The van der Waals surface area contributed by atoms with E-state index in [0.717, 1.165) is 0 Å². The molecular formula is C13H23N5O7. The first kappa shape index (κ1) is 22.3. The summed E-state index contributed by atoms with van der Waals surface area (Å²) in [6.07, 6.45) is -0.656. The summed E-state index contributed by atoms with van der Waals surface area (Å²) in [7, 11) is 0. The van der Waals surface area contributed by atoms with E-state index in [1.54, 1.807) is 0 Å². The molecule has 0 aromatic carbocycles. The second kappa shape index (κ2) is 10.9. The predicted octanol–water partition coefficient (Wildman–Crippen LogP) is -4.11. The largest absolute Gasteiger partial charge is 0.480 e. The SMILES string of the molecule is NC(=O)CC[C@H](NC(=O)[C@@H](N)CCC(N)=O)C(=O)N[C@@H](CO)C(=O)O. The molecule has 3 atom stereocenters. The van der Waals surface area contributed by atoms with Crippen LogP contribution in [0.4, 0.5) is 0 Å². The van der Waals surface area contributed by atoms with Crippen molar-refractivity contribution in [1.29, 1.82) is 0 Å². The predicted molar refractivity (Wildman–Crippen MR) is 83.4 cm³/mol. The molecule has 12 nitrogen and oxygen atoms in total. The Hall–Kier alpha value is -2.73. The molecule has 0 spiro atoms. The molecule has 0 fully saturated rings. The molecule has 0 unspecified atom stereocenters. The van der Waals surface area contributed by atoms with Gasteiger partial charge in [0.15, 0.2) is 0 Å². The molecule has 4 amide bonds. The molecule has 0 saturated heterocycles. The molecule has 142 valence electrons. The van der Waals surface area contributed by atoms with Gasteiger partial charge in [-0.2, -0.15) is 0 Å². The van der Waals surface area contributed by atoms with Gasteiger partial charge in [0.25, 0.3) is 0 Å². The number of primary amides is 2. The number of carbonyl (C=O) groups is 5. The van der Waals surface area contributed by atoms with Gasteiger partial charge < -0.3 is 38.0 Å². The minimum atomic E-state index is -1.58. The van der Waals surface area contributed by atoms with Crippen LogP contribution in [-0.2, 0) is 24.0 Å². The fourth-order valence-corrected chi connectivity index (χ4v) is 1.72. The first-order valence-electron chi connectivity index (χ1n) is 7.35. The minimum Gasteiger partial charge on any atom is -0.480 e. The summed E-state index contributed by atoms with van der Waals surface area (Å²) in [5.41, 5.74) is 15.5. The summed E-state index contributed by atoms with van der Waals surface area (Å²) in [4.78, 5) is 56.4. The highest BCUT2D eigenvalue weighted by molar-refractivity contribution is 5.92. The Kier molecular flexibility index (Phi) is 9.74. The van der Waals surface area contributed by atoms with E-state index in [1.807, 2.05) is 5.32 Å². The van der Waals surface area contributed by atoms with Crippen LogP contribution in [0.5, 0.6) is 0 Å². The van der Waals surface area contributed by atoms with Gasteiger partial charge in [0.1, 0.15) is 12.1 Å². The topological polar surface area (TPSA) is 228 Å². The van der Waals surface area contributed by atoms with E-state index in [1.165, 1.54) is 0 Å². The molecule has 0 bridgehead atoms. The quantitative estimate of drug-likeness (QED) is 0.180. The van der Waals surface area contributed by atoms with E-state index in [4.69, 9.17) is 27.4 Å². The molecule has 0 rings (SSSR count). The van der Waals surface area contributed by atoms with E-state index in [9.17, 15) is 24.0 Å². The summed E-state index contributed by atoms with van der Waals surface area (Å²) in [6, 6.07) is -4.01. The van der Waals surface area contributed by atoms with Crippen molar-refractivity contribution in [2.75, 3.05) is 6.61 Å². The molecule has 0 saturated carbocycles. The number of aliphatic hydroxyl groups is 1. The zero-order valence-corrected chi connectivity index (χ0v) is 13.4. The average Bonchev–Trinajstić information content (AvgIpc) is 2.52. The van der Waals surface area contributed by atoms with Crippen LogP contribution in [0.25, 0.3) is 0 Å². The van der Waals surface area contributed by atoms with Crippen LogP contribution >= 0.6 is 0 Å². The number of rotatable bonds is 12. The van der Waals surface area contributed by atoms with Crippen LogP contribution in [0.15, 0.2) is 0 Å². The second-order valence-electron chi connectivity index (χ2n) is 5.26. The first-order valence-corrected chi connectivity index (χ1v) is 7.35. The number of carbonyl (C=O) groups excluding carboxylic acids is 4. The van der Waals surface area contributed by atoms with E-state index in [2.05, 4.69) is 5.32 Å². The molecule has 0 aliphatic carbocycles. The number of hydrogen-bond acceptors (Lipinski definition) is 7. The zero-order valence-electron chi connectivity index (χ0n) is 13.4. The Labute approximate surface area is 143 Å². The highest BCUT2D eigenvalue weighted by Gasteiger charge is 2.27. The number of carboxylic acid groups (broad SMARTS) is 1. The Morgan fingerprint density at radius 3 is 1.76 bits per heavy atom. The van der Waals surface area contributed by atoms with E-state index >= 15 is 0 Å². The second-order valence-corrected chi connectivity index (χ2v) is 5.26. The Morgan fingerprint density at radius 2 is 1.32 bits per heavy atom. The lowest BCUT2D eigenvalue weighted by molar-refractivity contribution is -0.143. The van der Waals surface area contributed by atoms with Crippen molar-refractivity contribution in [2.45, 2.75) is 43.8 Å². The lowest BCUT2D eigenvalue weighted by atomic mass is 10.1. The van der Waals surface area contributed by atoms with Crippen LogP contribution in [0.2, 0.25) is 0 Å². The number of aliphatic hydroxyl groups excluding tert-OH is 1. The number of aliphatic carboxylic acids is 1. The lowest BCUT2D eigenvalue weighted by Gasteiger charge is -2.22. The van der Waals surface area contributed by atoms with Gasteiger partial charge in [-0.15, -0.1) is 0 Å². The summed E-state index contributed by atoms with van der Waals surface area (Å²) < 4.78 is 0. The van der Waals surface area contributed by atoms with Crippen LogP contribution < -0.4 is 27.8 Å². The standard InChI is InChI=1S/C13H23N5O7/c14-6(1-3-9(15)20)11(22)17-7(2-4-10(16)21)12(23)18-8(5-19)13(24)25/h6-8,19H,1-5,14H2,(H2,15,20)(H2,16,21)(H,17,22)(H,18,23)(H,24,25)/t6-,7-,8-/m0/s1. The molecule has 0 aromatic heterocycles. The monoisotopic (exact) mass is 361 g/mol. The maximum atomic E-state index is 12.1. The fourth-order valence-electron chi connectivity index (χ4n) is 1.72. The third-order valence-electron chi connectivity index (χ3n) is 3.15. The number of hydrogen-bond donors (Lipinski definition) is 7. The lowest BCUT2D eigenvalue weighted by Crippen LogP contribution is -2.55. The molecule has 10 N–H and O–H groups in total. The van der Waals surface area contributed by atoms with E-state index < -0.39 is 54.3 Å². The van der Waals surface area contributed by atoms with Gasteiger partial charge in [-0.1, -0.05) is 0 Å². The molecule has 0 radical (unpaired) electrons. The van der Waals surface area contributed by atoms with Crippen LogP contribution in [-0.4, -0.2) is 64.5 Å². The summed E-state index contributed by atoms with van der Waals surface area (Å²) >= 11 is 0. The van der Waals surface area contributed by atoms with Gasteiger partial charge in [-0.25, -0.2) is 4.79 Å². The van der Waals surface area contributed by atoms with Crippen molar-refractivity contribution in [3.05, 3.63) is 0 Å². The smallest absolute Gasteiger partial charge is 0.328 e. The summed E-state index contributed by atoms with van der Waals surface area (Å²) in [5.74, 6) is -4.59. The number of amides is 4. The number of nitrogens with one attached hydrogen (secondary N) is 2.